The van der Waals surface area contributed by atoms with Crippen LogP contribution in [-0.2, 0) is 14.3 Å². The fraction of sp³-hybridized carbons (Fsp3) is 0.846. The van der Waals surface area contributed by atoms with E-state index in [4.69, 9.17) is 27.4 Å². The number of hydrogen-bond acceptors (Lipinski definition) is 4. The lowest BCUT2D eigenvalue weighted by Crippen LogP contribution is -2.52. The van der Waals surface area contributed by atoms with Gasteiger partial charge in [-0.1, -0.05) is 12.2 Å². The fourth-order valence-electron chi connectivity index (χ4n) is 2.98. The summed E-state index contributed by atoms with van der Waals surface area (Å²) in [7, 11) is 1.69. The number of nitrogens with two attached hydrogens (primary N) is 1. The molecule has 1 unspecified atom stereocenters. The normalized spacial score (nSPS) is 26.4. The molecule has 0 aromatic carbocycles. The Morgan fingerprint density at radius 2 is 2.21 bits per heavy atom. The summed E-state index contributed by atoms with van der Waals surface area (Å²) in [6, 6.07) is 0. The number of amides is 1. The van der Waals surface area contributed by atoms with Crippen molar-refractivity contribution in [2.24, 2.45) is 17.1 Å². The Hall–Kier alpha value is -0.720. The van der Waals surface area contributed by atoms with Crippen LogP contribution in [0.25, 0.3) is 0 Å². The minimum Gasteiger partial charge on any atom is -0.392 e. The first-order valence-corrected chi connectivity index (χ1v) is 7.17. The highest BCUT2D eigenvalue weighted by Crippen LogP contribution is 2.35. The third-order valence-corrected chi connectivity index (χ3v) is 4.59. The van der Waals surface area contributed by atoms with Crippen LogP contribution in [0.4, 0.5) is 0 Å². The Labute approximate surface area is 119 Å². The van der Waals surface area contributed by atoms with Crippen molar-refractivity contribution < 1.29 is 14.3 Å². The van der Waals surface area contributed by atoms with Crippen molar-refractivity contribution in [2.45, 2.75) is 19.3 Å². The smallest absolute Gasteiger partial charge is 0.235 e. The number of nitrogens with zero attached hydrogens (tertiary/aromatic N) is 1. The number of thiocarbonyl (C=S) groups is 1. The molecule has 2 saturated heterocycles. The van der Waals surface area contributed by atoms with Crippen molar-refractivity contribution in [1.29, 1.82) is 0 Å². The summed E-state index contributed by atoms with van der Waals surface area (Å²) in [5.74, 6) is 0.513. The van der Waals surface area contributed by atoms with Gasteiger partial charge >= 0.3 is 0 Å². The van der Waals surface area contributed by atoms with Gasteiger partial charge in [-0.2, -0.15) is 0 Å². The molecule has 2 N–H and O–H groups in total. The van der Waals surface area contributed by atoms with Crippen molar-refractivity contribution in [2.75, 3.05) is 40.0 Å². The van der Waals surface area contributed by atoms with Gasteiger partial charge in [-0.05, 0) is 19.3 Å². The molecule has 19 heavy (non-hydrogen) atoms. The number of carbonyl (C=O) groups is 1. The lowest BCUT2D eigenvalue weighted by atomic mass is 9.78. The molecule has 0 aromatic rings. The lowest BCUT2D eigenvalue weighted by Gasteiger charge is -2.37. The molecule has 0 spiro atoms. The maximum atomic E-state index is 12.8. The highest BCUT2D eigenvalue weighted by atomic mass is 32.1. The average Bonchev–Trinajstić information content (AvgIpc) is 2.87. The molecule has 108 valence electrons. The van der Waals surface area contributed by atoms with Crippen LogP contribution in [0, 0.1) is 11.3 Å². The van der Waals surface area contributed by atoms with E-state index in [1.54, 1.807) is 7.11 Å². The Balaban J connectivity index is 2.06. The maximum absolute atomic E-state index is 12.8. The standard InChI is InChI=1S/C13H22N2O3S/c1-17-9-10-2-5-15(8-10)12(16)13(11(14)19)3-6-18-7-4-13/h10H,2-9H2,1H3,(H2,14,19). The fourth-order valence-corrected chi connectivity index (χ4v) is 3.27. The van der Waals surface area contributed by atoms with E-state index in [0.717, 1.165) is 19.5 Å². The molecule has 0 saturated carbocycles. The van der Waals surface area contributed by atoms with Crippen molar-refractivity contribution in [3.8, 4) is 0 Å². The number of methoxy groups -OCH3 is 1. The lowest BCUT2D eigenvalue weighted by molar-refractivity contribution is -0.141. The molecule has 1 amide bonds. The molecule has 0 bridgehead atoms. The van der Waals surface area contributed by atoms with E-state index in [1.165, 1.54) is 0 Å². The largest absolute Gasteiger partial charge is 0.392 e. The predicted octanol–water partition coefficient (Wildman–Crippen LogP) is 0.564. The number of ether oxygens (including phenoxy) is 2. The van der Waals surface area contributed by atoms with E-state index in [1.807, 2.05) is 4.90 Å². The third kappa shape index (κ3) is 2.90. The van der Waals surface area contributed by atoms with Gasteiger partial charge in [-0.3, -0.25) is 4.79 Å². The van der Waals surface area contributed by atoms with E-state index in [9.17, 15) is 4.79 Å². The summed E-state index contributed by atoms with van der Waals surface area (Å²) in [6.07, 6.45) is 2.20. The summed E-state index contributed by atoms with van der Waals surface area (Å²) >= 11 is 5.17. The summed E-state index contributed by atoms with van der Waals surface area (Å²) in [5.41, 5.74) is 5.18. The van der Waals surface area contributed by atoms with Crippen LogP contribution >= 0.6 is 12.2 Å². The molecule has 2 rings (SSSR count). The summed E-state index contributed by atoms with van der Waals surface area (Å²) in [6.45, 7) is 3.33. The monoisotopic (exact) mass is 286 g/mol. The van der Waals surface area contributed by atoms with Crippen LogP contribution in [0.2, 0.25) is 0 Å². The van der Waals surface area contributed by atoms with Gasteiger partial charge in [0.1, 0.15) is 5.41 Å². The highest BCUT2D eigenvalue weighted by Gasteiger charge is 2.46. The second-order valence-electron chi connectivity index (χ2n) is 5.42. The van der Waals surface area contributed by atoms with Gasteiger partial charge in [0.2, 0.25) is 5.91 Å². The number of hydrogen-bond donors (Lipinski definition) is 1. The van der Waals surface area contributed by atoms with Gasteiger partial charge in [0, 0.05) is 39.3 Å². The van der Waals surface area contributed by atoms with Crippen LogP contribution in [0.3, 0.4) is 0 Å². The van der Waals surface area contributed by atoms with Gasteiger partial charge < -0.3 is 20.1 Å². The van der Waals surface area contributed by atoms with Crippen LogP contribution in [0.15, 0.2) is 0 Å². The highest BCUT2D eigenvalue weighted by molar-refractivity contribution is 7.80. The Morgan fingerprint density at radius 3 is 2.79 bits per heavy atom. The molecule has 6 heteroatoms. The first kappa shape index (κ1) is 14.7. The Morgan fingerprint density at radius 1 is 1.53 bits per heavy atom. The third-order valence-electron chi connectivity index (χ3n) is 4.20. The van der Waals surface area contributed by atoms with Gasteiger partial charge in [-0.25, -0.2) is 0 Å². The first-order chi connectivity index (χ1) is 9.10. The van der Waals surface area contributed by atoms with Crippen molar-refractivity contribution in [1.82, 2.24) is 4.90 Å². The maximum Gasteiger partial charge on any atom is 0.235 e. The topological polar surface area (TPSA) is 64.8 Å². The van der Waals surface area contributed by atoms with Crippen LogP contribution < -0.4 is 5.73 Å². The van der Waals surface area contributed by atoms with E-state index in [-0.39, 0.29) is 5.91 Å². The van der Waals surface area contributed by atoms with Crippen molar-refractivity contribution in [3.63, 3.8) is 0 Å². The molecule has 0 aromatic heterocycles. The molecule has 5 nitrogen and oxygen atoms in total. The number of carbonyl (C=O) groups excluding carboxylic acids is 1. The molecular formula is C13H22N2O3S. The summed E-state index contributed by atoms with van der Waals surface area (Å²) in [5, 5.41) is 0. The van der Waals surface area contributed by atoms with Gasteiger partial charge in [0.25, 0.3) is 0 Å². The van der Waals surface area contributed by atoms with Gasteiger partial charge in [-0.15, -0.1) is 0 Å². The second-order valence-corrected chi connectivity index (χ2v) is 5.86. The number of rotatable bonds is 4. The van der Waals surface area contributed by atoms with Crippen LogP contribution in [0.1, 0.15) is 19.3 Å². The van der Waals surface area contributed by atoms with Crippen molar-refractivity contribution >= 4 is 23.1 Å². The van der Waals surface area contributed by atoms with Crippen LogP contribution in [-0.4, -0.2) is 55.8 Å². The SMILES string of the molecule is COCC1CCN(C(=O)C2(C(N)=S)CCOCC2)C1. The summed E-state index contributed by atoms with van der Waals surface area (Å²) in [4.78, 5) is 15.0. The zero-order valence-corrected chi connectivity index (χ0v) is 12.2. The Bertz CT molecular complexity index is 356. The van der Waals surface area contributed by atoms with E-state index in [0.29, 0.717) is 43.6 Å². The predicted molar refractivity (Wildman–Crippen MR) is 75.8 cm³/mol. The average molecular weight is 286 g/mol. The van der Waals surface area contributed by atoms with Gasteiger partial charge in [0.05, 0.1) is 11.6 Å². The minimum atomic E-state index is -0.685. The quantitative estimate of drug-likeness (QED) is 0.765. The zero-order chi connectivity index (χ0) is 13.9. The van der Waals surface area contributed by atoms with E-state index >= 15 is 0 Å². The number of likely N-dealkylation sites (tertiary alicyclic amines) is 1. The molecule has 2 aliphatic rings. The summed E-state index contributed by atoms with van der Waals surface area (Å²) < 4.78 is 10.5. The molecule has 2 fully saturated rings. The minimum absolute atomic E-state index is 0.0851. The van der Waals surface area contributed by atoms with E-state index in [2.05, 4.69) is 0 Å². The molecule has 0 aliphatic carbocycles. The van der Waals surface area contributed by atoms with Crippen LogP contribution in [0.5, 0.6) is 0 Å². The first-order valence-electron chi connectivity index (χ1n) is 6.76. The molecule has 0 radical (unpaired) electrons. The molecular weight excluding hydrogens is 264 g/mol. The van der Waals surface area contributed by atoms with Crippen molar-refractivity contribution in [3.05, 3.63) is 0 Å². The second kappa shape index (κ2) is 6.15. The molecule has 2 heterocycles. The Kier molecular flexibility index (Phi) is 4.76. The molecule has 2 aliphatic heterocycles. The van der Waals surface area contributed by atoms with E-state index < -0.39 is 5.41 Å². The zero-order valence-electron chi connectivity index (χ0n) is 11.4. The molecule has 1 atom stereocenters. The van der Waals surface area contributed by atoms with Gasteiger partial charge in [0.15, 0.2) is 0 Å².